The van der Waals surface area contributed by atoms with Crippen LogP contribution >= 0.6 is 0 Å². The van der Waals surface area contributed by atoms with Crippen molar-refractivity contribution in [2.75, 3.05) is 23.3 Å². The molecule has 0 spiro atoms. The number of urea groups is 1. The summed E-state index contributed by atoms with van der Waals surface area (Å²) in [6.07, 6.45) is 7.56. The third-order valence-corrected chi connectivity index (χ3v) is 3.97. The summed E-state index contributed by atoms with van der Waals surface area (Å²) in [5.74, 6) is 0.842. The fraction of sp³-hybridized carbons (Fsp3) is 0.353. The monoisotopic (exact) mass is 311 g/mol. The fourth-order valence-corrected chi connectivity index (χ4v) is 2.75. The van der Waals surface area contributed by atoms with E-state index >= 15 is 0 Å². The first kappa shape index (κ1) is 15.3. The van der Waals surface area contributed by atoms with Gasteiger partial charge in [0.2, 0.25) is 0 Å². The summed E-state index contributed by atoms with van der Waals surface area (Å²) >= 11 is 0. The SMILES string of the molecule is C[C@@H](NC(=O)Nc1cccnc1N1CCCC1)c1cccnc1. The highest BCUT2D eigenvalue weighted by Gasteiger charge is 2.18. The van der Waals surface area contributed by atoms with Crippen LogP contribution in [-0.2, 0) is 0 Å². The third-order valence-electron chi connectivity index (χ3n) is 3.97. The van der Waals surface area contributed by atoms with Gasteiger partial charge in [-0.1, -0.05) is 6.07 Å². The first-order valence-corrected chi connectivity index (χ1v) is 7.91. The van der Waals surface area contributed by atoms with E-state index in [-0.39, 0.29) is 12.1 Å². The molecule has 2 amide bonds. The number of nitrogens with zero attached hydrogens (tertiary/aromatic N) is 3. The van der Waals surface area contributed by atoms with Crippen LogP contribution in [0.5, 0.6) is 0 Å². The third kappa shape index (κ3) is 3.77. The molecule has 3 rings (SSSR count). The van der Waals surface area contributed by atoms with Crippen molar-refractivity contribution in [1.82, 2.24) is 15.3 Å². The molecule has 0 unspecified atom stereocenters. The number of hydrogen-bond donors (Lipinski definition) is 2. The fourth-order valence-electron chi connectivity index (χ4n) is 2.75. The van der Waals surface area contributed by atoms with Gasteiger partial charge in [0.1, 0.15) is 0 Å². The van der Waals surface area contributed by atoms with Crippen molar-refractivity contribution < 1.29 is 4.79 Å². The lowest BCUT2D eigenvalue weighted by atomic mass is 10.1. The number of nitrogens with one attached hydrogen (secondary N) is 2. The maximum absolute atomic E-state index is 12.3. The van der Waals surface area contributed by atoms with E-state index in [4.69, 9.17) is 0 Å². The van der Waals surface area contributed by atoms with Crippen LogP contribution in [0, 0.1) is 0 Å². The van der Waals surface area contributed by atoms with Gasteiger partial charge in [-0.3, -0.25) is 4.98 Å². The van der Waals surface area contributed by atoms with Crippen LogP contribution in [0.25, 0.3) is 0 Å². The lowest BCUT2D eigenvalue weighted by Gasteiger charge is -2.21. The number of aromatic nitrogens is 2. The van der Waals surface area contributed by atoms with Crippen LogP contribution in [0.1, 0.15) is 31.4 Å². The van der Waals surface area contributed by atoms with E-state index in [0.717, 1.165) is 30.2 Å². The normalized spacial score (nSPS) is 15.3. The van der Waals surface area contributed by atoms with Gasteiger partial charge in [-0.25, -0.2) is 9.78 Å². The zero-order chi connectivity index (χ0) is 16.1. The minimum absolute atomic E-state index is 0.115. The molecular formula is C17H21N5O. The number of anilines is 2. The second-order valence-corrected chi connectivity index (χ2v) is 5.68. The van der Waals surface area contributed by atoms with Gasteiger partial charge in [0.05, 0.1) is 11.7 Å². The van der Waals surface area contributed by atoms with Crippen LogP contribution in [0.15, 0.2) is 42.9 Å². The van der Waals surface area contributed by atoms with Gasteiger partial charge in [-0.2, -0.15) is 0 Å². The smallest absolute Gasteiger partial charge is 0.319 e. The lowest BCUT2D eigenvalue weighted by molar-refractivity contribution is 0.249. The van der Waals surface area contributed by atoms with Crippen molar-refractivity contribution >= 4 is 17.5 Å². The van der Waals surface area contributed by atoms with E-state index in [1.54, 1.807) is 18.6 Å². The molecule has 1 aliphatic heterocycles. The van der Waals surface area contributed by atoms with Crippen molar-refractivity contribution in [3.8, 4) is 0 Å². The number of pyridine rings is 2. The minimum atomic E-state index is -0.241. The van der Waals surface area contributed by atoms with E-state index in [0.29, 0.717) is 0 Å². The molecule has 0 aliphatic carbocycles. The second-order valence-electron chi connectivity index (χ2n) is 5.68. The topological polar surface area (TPSA) is 70.2 Å². The van der Waals surface area contributed by atoms with Gasteiger partial charge < -0.3 is 15.5 Å². The van der Waals surface area contributed by atoms with Crippen LogP contribution in [-0.4, -0.2) is 29.1 Å². The molecule has 2 aromatic rings. The molecule has 0 bridgehead atoms. The molecular weight excluding hydrogens is 290 g/mol. The van der Waals surface area contributed by atoms with Crippen LogP contribution in [0.3, 0.4) is 0 Å². The van der Waals surface area contributed by atoms with Crippen LogP contribution < -0.4 is 15.5 Å². The van der Waals surface area contributed by atoms with E-state index < -0.39 is 0 Å². The molecule has 0 saturated carbocycles. The molecule has 6 nitrogen and oxygen atoms in total. The molecule has 1 saturated heterocycles. The Kier molecular flexibility index (Phi) is 4.71. The highest BCUT2D eigenvalue weighted by Crippen LogP contribution is 2.26. The van der Waals surface area contributed by atoms with Crippen molar-refractivity contribution in [2.45, 2.75) is 25.8 Å². The maximum Gasteiger partial charge on any atom is 0.319 e. The molecule has 23 heavy (non-hydrogen) atoms. The average molecular weight is 311 g/mol. The Labute approximate surface area is 135 Å². The Bertz CT molecular complexity index is 655. The predicted molar refractivity (Wildman–Crippen MR) is 90.5 cm³/mol. The number of carbonyl (C=O) groups is 1. The largest absolute Gasteiger partial charge is 0.355 e. The molecule has 1 atom stereocenters. The summed E-state index contributed by atoms with van der Waals surface area (Å²) in [4.78, 5) is 23.0. The highest BCUT2D eigenvalue weighted by atomic mass is 16.2. The van der Waals surface area contributed by atoms with E-state index in [1.807, 2.05) is 31.2 Å². The average Bonchev–Trinajstić information content (AvgIpc) is 3.10. The standard InChI is InChI=1S/C17H21N5O/c1-13(14-6-4-8-18-12-14)20-17(23)21-15-7-5-9-19-16(15)22-10-2-3-11-22/h4-9,12-13H,2-3,10-11H2,1H3,(H2,20,21,23)/t13-/m1/s1. The Balaban J connectivity index is 1.66. The first-order chi connectivity index (χ1) is 11.2. The highest BCUT2D eigenvalue weighted by molar-refractivity contribution is 5.92. The van der Waals surface area contributed by atoms with Crippen LogP contribution in [0.4, 0.5) is 16.3 Å². The van der Waals surface area contributed by atoms with Gasteiger partial charge in [0.15, 0.2) is 5.82 Å². The molecule has 2 N–H and O–H groups in total. The van der Waals surface area contributed by atoms with Crippen molar-refractivity contribution in [3.63, 3.8) is 0 Å². The molecule has 3 heterocycles. The second kappa shape index (κ2) is 7.09. The lowest BCUT2D eigenvalue weighted by Crippen LogP contribution is -2.32. The van der Waals surface area contributed by atoms with E-state index in [2.05, 4.69) is 25.5 Å². The van der Waals surface area contributed by atoms with Crippen molar-refractivity contribution in [2.24, 2.45) is 0 Å². The van der Waals surface area contributed by atoms with E-state index in [9.17, 15) is 4.79 Å². The maximum atomic E-state index is 12.3. The van der Waals surface area contributed by atoms with Gasteiger partial charge >= 0.3 is 6.03 Å². The van der Waals surface area contributed by atoms with Gasteiger partial charge in [-0.05, 0) is 43.5 Å². The van der Waals surface area contributed by atoms with E-state index in [1.165, 1.54) is 12.8 Å². The summed E-state index contributed by atoms with van der Waals surface area (Å²) in [5.41, 5.74) is 1.71. The zero-order valence-electron chi connectivity index (χ0n) is 13.2. The van der Waals surface area contributed by atoms with Crippen LogP contribution in [0.2, 0.25) is 0 Å². The summed E-state index contributed by atoms with van der Waals surface area (Å²) in [7, 11) is 0. The van der Waals surface area contributed by atoms with Gasteiger partial charge in [0.25, 0.3) is 0 Å². The number of rotatable bonds is 4. The Hall–Kier alpha value is -2.63. The molecule has 120 valence electrons. The summed E-state index contributed by atoms with van der Waals surface area (Å²) < 4.78 is 0. The Morgan fingerprint density at radius 2 is 2.00 bits per heavy atom. The first-order valence-electron chi connectivity index (χ1n) is 7.91. The Morgan fingerprint density at radius 3 is 2.74 bits per heavy atom. The Morgan fingerprint density at radius 1 is 1.22 bits per heavy atom. The van der Waals surface area contributed by atoms with Crippen molar-refractivity contribution in [1.29, 1.82) is 0 Å². The molecule has 1 aliphatic rings. The molecule has 6 heteroatoms. The predicted octanol–water partition coefficient (Wildman–Crippen LogP) is 2.96. The van der Waals surface area contributed by atoms with Gasteiger partial charge in [-0.15, -0.1) is 0 Å². The molecule has 0 radical (unpaired) electrons. The summed E-state index contributed by atoms with van der Waals surface area (Å²) in [6.45, 7) is 3.90. The van der Waals surface area contributed by atoms with Gasteiger partial charge in [0, 0.05) is 31.7 Å². The zero-order valence-corrected chi connectivity index (χ0v) is 13.2. The molecule has 2 aromatic heterocycles. The number of amides is 2. The minimum Gasteiger partial charge on any atom is -0.355 e. The molecule has 1 fully saturated rings. The summed E-state index contributed by atoms with van der Waals surface area (Å²) in [5, 5.41) is 5.84. The quantitative estimate of drug-likeness (QED) is 0.911. The summed E-state index contributed by atoms with van der Waals surface area (Å²) in [6, 6.07) is 7.16. The van der Waals surface area contributed by atoms with Crippen molar-refractivity contribution in [3.05, 3.63) is 48.4 Å². The molecule has 0 aromatic carbocycles. The number of carbonyl (C=O) groups excluding carboxylic acids is 1. The number of hydrogen-bond acceptors (Lipinski definition) is 4.